The van der Waals surface area contributed by atoms with E-state index in [2.05, 4.69) is 5.32 Å². The van der Waals surface area contributed by atoms with E-state index < -0.39 is 0 Å². The van der Waals surface area contributed by atoms with Crippen LogP contribution in [0.15, 0.2) is 28.5 Å². The fourth-order valence-electron chi connectivity index (χ4n) is 3.19. The molecule has 1 saturated carbocycles. The maximum atomic E-state index is 12.3. The molecule has 1 amide bonds. The van der Waals surface area contributed by atoms with Crippen molar-refractivity contribution >= 4 is 27.5 Å². The Kier molecular flexibility index (Phi) is 4.93. The van der Waals surface area contributed by atoms with E-state index >= 15 is 0 Å². The van der Waals surface area contributed by atoms with Gasteiger partial charge in [-0.1, -0.05) is 32.1 Å². The number of carbonyl (C=O) groups is 1. The molecule has 22 heavy (non-hydrogen) atoms. The second kappa shape index (κ2) is 7.09. The summed E-state index contributed by atoms with van der Waals surface area (Å²) in [5.41, 5.74) is 0.881. The van der Waals surface area contributed by atoms with Gasteiger partial charge in [-0.3, -0.25) is 9.59 Å². The largest absolute Gasteiger partial charge is 0.352 e. The molecule has 0 saturated heterocycles. The third-order valence-electron chi connectivity index (χ3n) is 4.37. The second-order valence-corrected chi connectivity index (χ2v) is 6.97. The van der Waals surface area contributed by atoms with Gasteiger partial charge < -0.3 is 9.88 Å². The number of aromatic nitrogens is 1. The molecule has 2 heterocycles. The molecule has 1 aliphatic rings. The highest BCUT2D eigenvalue weighted by Gasteiger charge is 2.15. The summed E-state index contributed by atoms with van der Waals surface area (Å²) in [6.07, 6.45) is 10.2. The molecule has 0 bridgehead atoms. The molecule has 1 N–H and O–H groups in total. The summed E-state index contributed by atoms with van der Waals surface area (Å²) in [5, 5.41) is 5.07. The van der Waals surface area contributed by atoms with Gasteiger partial charge in [0.05, 0.1) is 10.2 Å². The van der Waals surface area contributed by atoms with Gasteiger partial charge in [0.25, 0.3) is 0 Å². The number of nitrogens with zero attached hydrogens (tertiary/aromatic N) is 1. The molecule has 0 aliphatic heterocycles. The predicted octanol–water partition coefficient (Wildman–Crippen LogP) is 3.29. The van der Waals surface area contributed by atoms with Crippen LogP contribution in [-0.2, 0) is 11.3 Å². The molecule has 2 aromatic rings. The molecule has 1 fully saturated rings. The lowest BCUT2D eigenvalue weighted by Gasteiger charge is -2.21. The van der Waals surface area contributed by atoms with Gasteiger partial charge in [-0.25, -0.2) is 0 Å². The van der Waals surface area contributed by atoms with Crippen molar-refractivity contribution in [2.75, 3.05) is 0 Å². The maximum absolute atomic E-state index is 12.3. The van der Waals surface area contributed by atoms with Gasteiger partial charge in [0.2, 0.25) is 5.91 Å². The fraction of sp³-hybridized carbons (Fsp3) is 0.529. The Morgan fingerprint density at radius 2 is 1.91 bits per heavy atom. The number of fused-ring (bicyclic) bond motifs is 1. The van der Waals surface area contributed by atoms with Crippen LogP contribution < -0.4 is 10.7 Å². The molecular formula is C17H22N2O2S. The van der Waals surface area contributed by atoms with Gasteiger partial charge in [-0.2, -0.15) is 0 Å². The zero-order chi connectivity index (χ0) is 15.4. The van der Waals surface area contributed by atoms with Crippen molar-refractivity contribution < 1.29 is 4.79 Å². The van der Waals surface area contributed by atoms with E-state index in [0.717, 1.165) is 23.1 Å². The van der Waals surface area contributed by atoms with E-state index in [1.807, 2.05) is 16.0 Å². The Morgan fingerprint density at radius 1 is 1.18 bits per heavy atom. The van der Waals surface area contributed by atoms with E-state index in [9.17, 15) is 9.59 Å². The topological polar surface area (TPSA) is 51.1 Å². The molecule has 0 atom stereocenters. The minimum atomic E-state index is 0.0293. The molecule has 0 radical (unpaired) electrons. The van der Waals surface area contributed by atoms with Crippen molar-refractivity contribution in [3.63, 3.8) is 0 Å². The van der Waals surface area contributed by atoms with E-state index in [0.29, 0.717) is 6.04 Å². The van der Waals surface area contributed by atoms with E-state index in [4.69, 9.17) is 0 Å². The summed E-state index contributed by atoms with van der Waals surface area (Å²) in [7, 11) is 0. The first-order chi connectivity index (χ1) is 10.7. The summed E-state index contributed by atoms with van der Waals surface area (Å²) < 4.78 is 2.59. The third kappa shape index (κ3) is 3.58. The number of hydrogen-bond donors (Lipinski definition) is 1. The van der Waals surface area contributed by atoms with Crippen LogP contribution >= 0.6 is 11.3 Å². The Hall–Kier alpha value is -1.62. The van der Waals surface area contributed by atoms with Gasteiger partial charge in [-0.05, 0) is 24.3 Å². The van der Waals surface area contributed by atoms with Gasteiger partial charge in [0.1, 0.15) is 6.54 Å². The number of carbonyl (C=O) groups excluding carboxylic acids is 1. The number of pyridine rings is 1. The Morgan fingerprint density at radius 3 is 2.68 bits per heavy atom. The van der Waals surface area contributed by atoms with Crippen molar-refractivity contribution in [2.24, 2.45) is 0 Å². The minimum Gasteiger partial charge on any atom is -0.352 e. The second-order valence-electron chi connectivity index (χ2n) is 6.05. The zero-order valence-corrected chi connectivity index (χ0v) is 13.5. The van der Waals surface area contributed by atoms with Crippen LogP contribution in [0.4, 0.5) is 0 Å². The highest BCUT2D eigenvalue weighted by Crippen LogP contribution is 2.18. The van der Waals surface area contributed by atoms with Crippen molar-refractivity contribution in [1.29, 1.82) is 0 Å². The molecule has 0 spiro atoms. The van der Waals surface area contributed by atoms with E-state index in [1.165, 1.54) is 43.4 Å². The highest BCUT2D eigenvalue weighted by atomic mass is 32.1. The van der Waals surface area contributed by atoms with Crippen LogP contribution in [0.25, 0.3) is 10.2 Å². The first-order valence-corrected chi connectivity index (χ1v) is 8.98. The van der Waals surface area contributed by atoms with E-state index in [-0.39, 0.29) is 17.9 Å². The fourth-order valence-corrected chi connectivity index (χ4v) is 4.02. The Bertz CT molecular complexity index is 696. The molecule has 1 aliphatic carbocycles. The van der Waals surface area contributed by atoms with Crippen molar-refractivity contribution in [3.05, 3.63) is 33.9 Å². The first kappa shape index (κ1) is 15.3. The molecule has 5 heteroatoms. The summed E-state index contributed by atoms with van der Waals surface area (Å²) in [6.45, 7) is 0.282. The highest BCUT2D eigenvalue weighted by molar-refractivity contribution is 7.17. The van der Waals surface area contributed by atoms with Crippen LogP contribution in [0.5, 0.6) is 0 Å². The normalized spacial score (nSPS) is 17.1. The number of amides is 1. The SMILES string of the molecule is O=C(Cn1ccc(=O)c2sccc21)NC1CCCCCCC1. The average Bonchev–Trinajstić information content (AvgIpc) is 2.95. The number of rotatable bonds is 3. The predicted molar refractivity (Wildman–Crippen MR) is 90.3 cm³/mol. The Balaban J connectivity index is 1.66. The molecular weight excluding hydrogens is 296 g/mol. The summed E-state index contributed by atoms with van der Waals surface area (Å²) in [5.74, 6) is 0.0433. The minimum absolute atomic E-state index is 0.0293. The first-order valence-electron chi connectivity index (χ1n) is 8.10. The quantitative estimate of drug-likeness (QED) is 0.944. The number of nitrogens with one attached hydrogen (secondary N) is 1. The van der Waals surface area contributed by atoms with Gasteiger partial charge in [0.15, 0.2) is 5.43 Å². The van der Waals surface area contributed by atoms with E-state index in [1.54, 1.807) is 12.3 Å². The van der Waals surface area contributed by atoms with Crippen LogP contribution in [0.3, 0.4) is 0 Å². The number of hydrogen-bond acceptors (Lipinski definition) is 3. The third-order valence-corrected chi connectivity index (χ3v) is 5.29. The van der Waals surface area contributed by atoms with Gasteiger partial charge in [0, 0.05) is 18.3 Å². The van der Waals surface area contributed by atoms with Crippen LogP contribution in [-0.4, -0.2) is 16.5 Å². The summed E-state index contributed by atoms with van der Waals surface area (Å²) in [4.78, 5) is 24.1. The van der Waals surface area contributed by atoms with Crippen LogP contribution in [0.1, 0.15) is 44.9 Å². The van der Waals surface area contributed by atoms with Crippen LogP contribution in [0, 0.1) is 0 Å². The lowest BCUT2D eigenvalue weighted by Crippen LogP contribution is -2.37. The average molecular weight is 318 g/mol. The molecule has 2 aromatic heterocycles. The molecule has 0 unspecified atom stereocenters. The lowest BCUT2D eigenvalue weighted by atomic mass is 9.97. The van der Waals surface area contributed by atoms with Crippen LogP contribution in [0.2, 0.25) is 0 Å². The zero-order valence-electron chi connectivity index (χ0n) is 12.7. The summed E-state index contributed by atoms with van der Waals surface area (Å²) >= 11 is 1.43. The molecule has 4 nitrogen and oxygen atoms in total. The summed E-state index contributed by atoms with van der Waals surface area (Å²) in [6, 6.07) is 3.76. The molecule has 3 rings (SSSR count). The Labute approximate surface area is 134 Å². The molecule has 0 aromatic carbocycles. The van der Waals surface area contributed by atoms with Crippen molar-refractivity contribution in [2.45, 2.75) is 57.5 Å². The standard InChI is InChI=1S/C17H22N2O2S/c20-15-8-10-19(14-9-11-22-17(14)15)12-16(21)18-13-6-4-2-1-3-5-7-13/h8-11,13H,1-7,12H2,(H,18,21). The van der Waals surface area contributed by atoms with Gasteiger partial charge in [-0.15, -0.1) is 11.3 Å². The molecule has 118 valence electrons. The van der Waals surface area contributed by atoms with Gasteiger partial charge >= 0.3 is 0 Å². The van der Waals surface area contributed by atoms with Crippen molar-refractivity contribution in [3.8, 4) is 0 Å². The lowest BCUT2D eigenvalue weighted by molar-refractivity contribution is -0.122. The van der Waals surface area contributed by atoms with Crippen molar-refractivity contribution in [1.82, 2.24) is 9.88 Å². The monoisotopic (exact) mass is 318 g/mol. The maximum Gasteiger partial charge on any atom is 0.240 e. The smallest absolute Gasteiger partial charge is 0.240 e. The number of thiophene rings is 1.